The number of hydrogen-bond acceptors (Lipinski definition) is 3. The summed E-state index contributed by atoms with van der Waals surface area (Å²) in [5.41, 5.74) is 2.63. The maximum absolute atomic E-state index is 13.3. The first-order valence-corrected chi connectivity index (χ1v) is 11.2. The summed E-state index contributed by atoms with van der Waals surface area (Å²) >= 11 is 0. The molecule has 0 bridgehead atoms. The van der Waals surface area contributed by atoms with Crippen LogP contribution in [0.25, 0.3) is 0 Å². The maximum Gasteiger partial charge on any atom is 0.264 e. The zero-order valence-corrected chi connectivity index (χ0v) is 17.5. The van der Waals surface area contributed by atoms with Crippen LogP contribution in [0.4, 0.5) is 5.69 Å². The highest BCUT2D eigenvalue weighted by Gasteiger charge is 2.31. The molecule has 28 heavy (non-hydrogen) atoms. The minimum absolute atomic E-state index is 0.00430. The molecule has 1 heterocycles. The first kappa shape index (κ1) is 20.4. The van der Waals surface area contributed by atoms with Crippen molar-refractivity contribution in [2.45, 2.75) is 56.9 Å². The van der Waals surface area contributed by atoms with Crippen molar-refractivity contribution in [1.29, 1.82) is 0 Å². The molecule has 1 aliphatic heterocycles. The van der Waals surface area contributed by atoms with E-state index < -0.39 is 10.0 Å². The molecule has 5 nitrogen and oxygen atoms in total. The fourth-order valence-corrected chi connectivity index (χ4v) is 5.25. The third-order valence-corrected chi connectivity index (χ3v) is 6.88. The molecule has 3 rings (SSSR count). The Morgan fingerprint density at radius 3 is 2.50 bits per heavy atom. The van der Waals surface area contributed by atoms with Gasteiger partial charge in [-0.2, -0.15) is 0 Å². The fourth-order valence-electron chi connectivity index (χ4n) is 3.72. The van der Waals surface area contributed by atoms with Crippen LogP contribution in [0, 0.1) is 6.92 Å². The number of carbonyl (C=O) groups excluding carboxylic acids is 1. The molecule has 0 spiro atoms. The molecular formula is C22H28N2O3S. The Bertz CT molecular complexity index is 937. The molecule has 0 unspecified atom stereocenters. The number of fused-ring (bicyclic) bond motifs is 1. The molecule has 0 saturated carbocycles. The van der Waals surface area contributed by atoms with E-state index in [0.717, 1.165) is 17.5 Å². The molecule has 0 saturated heterocycles. The highest BCUT2D eigenvalue weighted by atomic mass is 32.2. The zero-order valence-electron chi connectivity index (χ0n) is 16.7. The largest absolute Gasteiger partial charge is 0.354 e. The number of sulfonamides is 1. The molecule has 1 atom stereocenters. The number of amides is 1. The van der Waals surface area contributed by atoms with E-state index in [1.54, 1.807) is 12.1 Å². The van der Waals surface area contributed by atoms with Gasteiger partial charge in [0.05, 0.1) is 10.6 Å². The van der Waals surface area contributed by atoms with Gasteiger partial charge in [0.25, 0.3) is 10.0 Å². The Morgan fingerprint density at radius 1 is 1.14 bits per heavy atom. The van der Waals surface area contributed by atoms with Gasteiger partial charge in [0.15, 0.2) is 0 Å². The smallest absolute Gasteiger partial charge is 0.264 e. The molecule has 150 valence electrons. The van der Waals surface area contributed by atoms with Gasteiger partial charge in [-0.05, 0) is 63.3 Å². The van der Waals surface area contributed by atoms with E-state index in [-0.39, 0.29) is 17.9 Å². The second-order valence-electron chi connectivity index (χ2n) is 7.71. The molecule has 1 amide bonds. The molecule has 2 aromatic carbocycles. The number of hydrogen-bond donors (Lipinski definition) is 1. The van der Waals surface area contributed by atoms with Crippen LogP contribution < -0.4 is 9.62 Å². The molecule has 6 heteroatoms. The van der Waals surface area contributed by atoms with Crippen molar-refractivity contribution in [3.8, 4) is 0 Å². The fraction of sp³-hybridized carbons (Fsp3) is 0.409. The number of nitrogens with one attached hydrogen (secondary N) is 1. The number of nitrogens with zero attached hydrogens (tertiary/aromatic N) is 1. The summed E-state index contributed by atoms with van der Waals surface area (Å²) in [5.74, 6) is 0.0119. The molecule has 2 aromatic rings. The van der Waals surface area contributed by atoms with Crippen molar-refractivity contribution in [3.05, 3.63) is 59.7 Å². The van der Waals surface area contributed by atoms with Gasteiger partial charge in [0, 0.05) is 19.0 Å². The molecule has 0 aromatic heterocycles. The van der Waals surface area contributed by atoms with E-state index in [0.29, 0.717) is 30.0 Å². The van der Waals surface area contributed by atoms with Gasteiger partial charge < -0.3 is 5.32 Å². The van der Waals surface area contributed by atoms with E-state index in [1.165, 1.54) is 4.31 Å². The van der Waals surface area contributed by atoms with E-state index >= 15 is 0 Å². The van der Waals surface area contributed by atoms with Crippen LogP contribution in [0.3, 0.4) is 0 Å². The minimum atomic E-state index is -3.65. The monoisotopic (exact) mass is 400 g/mol. The minimum Gasteiger partial charge on any atom is -0.354 e. The normalized spacial score (nSPS) is 17.1. The van der Waals surface area contributed by atoms with Crippen LogP contribution in [0.1, 0.15) is 50.2 Å². The lowest BCUT2D eigenvalue weighted by Gasteiger charge is -2.25. The SMILES string of the molecule is Cc1ccc(S(=O)(=O)N2CCC[C@@H](CC(=O)NC(C)C)c3ccccc32)cc1. The lowest BCUT2D eigenvalue weighted by Crippen LogP contribution is -2.32. The average molecular weight is 401 g/mol. The first-order chi connectivity index (χ1) is 13.3. The predicted molar refractivity (Wildman–Crippen MR) is 112 cm³/mol. The highest BCUT2D eigenvalue weighted by molar-refractivity contribution is 7.92. The maximum atomic E-state index is 13.3. The van der Waals surface area contributed by atoms with Crippen molar-refractivity contribution in [1.82, 2.24) is 5.32 Å². The second kappa shape index (κ2) is 8.35. The summed E-state index contributed by atoms with van der Waals surface area (Å²) in [7, 11) is -3.65. The second-order valence-corrected chi connectivity index (χ2v) is 9.58. The number of carbonyl (C=O) groups is 1. The van der Waals surface area contributed by atoms with E-state index in [9.17, 15) is 13.2 Å². The van der Waals surface area contributed by atoms with Crippen molar-refractivity contribution in [2.24, 2.45) is 0 Å². The van der Waals surface area contributed by atoms with Crippen LogP contribution in [-0.4, -0.2) is 26.9 Å². The van der Waals surface area contributed by atoms with E-state index in [2.05, 4.69) is 5.32 Å². The number of rotatable bonds is 5. The summed E-state index contributed by atoms with van der Waals surface area (Å²) < 4.78 is 28.2. The summed E-state index contributed by atoms with van der Waals surface area (Å²) in [6.45, 7) is 6.23. The van der Waals surface area contributed by atoms with Crippen LogP contribution in [0.15, 0.2) is 53.4 Å². The highest BCUT2D eigenvalue weighted by Crippen LogP contribution is 2.38. The number of anilines is 1. The number of para-hydroxylation sites is 1. The Labute approximate surface area is 167 Å². The third-order valence-electron chi connectivity index (χ3n) is 5.05. The van der Waals surface area contributed by atoms with Crippen molar-refractivity contribution < 1.29 is 13.2 Å². The number of benzene rings is 2. The Balaban J connectivity index is 1.96. The molecule has 1 N–H and O–H groups in total. The van der Waals surface area contributed by atoms with Crippen molar-refractivity contribution >= 4 is 21.6 Å². The summed E-state index contributed by atoms with van der Waals surface area (Å²) in [6.07, 6.45) is 1.86. The molecular weight excluding hydrogens is 372 g/mol. The Morgan fingerprint density at radius 2 is 1.82 bits per heavy atom. The standard InChI is InChI=1S/C22H28N2O3S/c1-16(2)23-22(25)15-18-7-6-14-24(21-9-5-4-8-20(18)21)28(26,27)19-12-10-17(3)11-13-19/h4-5,8-13,16,18H,6-7,14-15H2,1-3H3,(H,23,25)/t18-/m0/s1. The number of aryl methyl sites for hydroxylation is 1. The molecule has 1 aliphatic rings. The van der Waals surface area contributed by atoms with Gasteiger partial charge in [0.1, 0.15) is 0 Å². The summed E-state index contributed by atoms with van der Waals surface area (Å²) in [6, 6.07) is 14.6. The Hall–Kier alpha value is -2.34. The molecule has 0 radical (unpaired) electrons. The van der Waals surface area contributed by atoms with Gasteiger partial charge in [-0.15, -0.1) is 0 Å². The average Bonchev–Trinajstić information content (AvgIpc) is 2.82. The van der Waals surface area contributed by atoms with Crippen molar-refractivity contribution in [3.63, 3.8) is 0 Å². The topological polar surface area (TPSA) is 66.5 Å². The van der Waals surface area contributed by atoms with Gasteiger partial charge in [0.2, 0.25) is 5.91 Å². The lowest BCUT2D eigenvalue weighted by atomic mass is 9.91. The van der Waals surface area contributed by atoms with E-state index in [4.69, 9.17) is 0 Å². The quantitative estimate of drug-likeness (QED) is 0.825. The van der Waals surface area contributed by atoms with Crippen LogP contribution >= 0.6 is 0 Å². The summed E-state index contributed by atoms with van der Waals surface area (Å²) in [5, 5.41) is 2.94. The van der Waals surface area contributed by atoms with Gasteiger partial charge in [-0.1, -0.05) is 35.9 Å². The van der Waals surface area contributed by atoms with E-state index in [1.807, 2.05) is 57.2 Å². The summed E-state index contributed by atoms with van der Waals surface area (Å²) in [4.78, 5) is 12.6. The van der Waals surface area contributed by atoms with Gasteiger partial charge >= 0.3 is 0 Å². The van der Waals surface area contributed by atoms with Crippen LogP contribution in [-0.2, 0) is 14.8 Å². The zero-order chi connectivity index (χ0) is 20.3. The van der Waals surface area contributed by atoms with Gasteiger partial charge in [-0.3, -0.25) is 9.10 Å². The van der Waals surface area contributed by atoms with Crippen LogP contribution in [0.2, 0.25) is 0 Å². The van der Waals surface area contributed by atoms with Crippen LogP contribution in [0.5, 0.6) is 0 Å². The lowest BCUT2D eigenvalue weighted by molar-refractivity contribution is -0.122. The predicted octanol–water partition coefficient (Wildman–Crippen LogP) is 3.98. The first-order valence-electron chi connectivity index (χ1n) is 9.76. The molecule has 0 aliphatic carbocycles. The third kappa shape index (κ3) is 4.38. The van der Waals surface area contributed by atoms with Gasteiger partial charge in [-0.25, -0.2) is 8.42 Å². The Kier molecular flexibility index (Phi) is 6.08. The molecule has 0 fully saturated rings. The van der Waals surface area contributed by atoms with Crippen molar-refractivity contribution in [2.75, 3.05) is 10.8 Å².